The number of hydrogen-bond donors (Lipinski definition) is 2. The highest BCUT2D eigenvalue weighted by Gasteiger charge is 2.16. The molecule has 0 spiro atoms. The average molecular weight is 305 g/mol. The Kier molecular flexibility index (Phi) is 7.05. The van der Waals surface area contributed by atoms with E-state index in [2.05, 4.69) is 25.7 Å². The van der Waals surface area contributed by atoms with E-state index in [0.29, 0.717) is 11.1 Å². The van der Waals surface area contributed by atoms with Crippen molar-refractivity contribution >= 4 is 11.8 Å². The van der Waals surface area contributed by atoms with Gasteiger partial charge < -0.3 is 16.4 Å². The van der Waals surface area contributed by atoms with Crippen LogP contribution < -0.4 is 11.5 Å². The van der Waals surface area contributed by atoms with Crippen LogP contribution in [0.3, 0.4) is 0 Å². The summed E-state index contributed by atoms with van der Waals surface area (Å²) in [6, 6.07) is 4.84. The SMILES string of the molecule is CCN(CC)CCCC(C)c1cc(C(N)=O)ccc1C(N)=O. The Labute approximate surface area is 132 Å². The molecule has 0 saturated heterocycles. The molecular formula is C17H27N3O2. The topological polar surface area (TPSA) is 89.4 Å². The van der Waals surface area contributed by atoms with Gasteiger partial charge in [-0.05, 0) is 62.2 Å². The van der Waals surface area contributed by atoms with Crippen molar-refractivity contribution in [1.29, 1.82) is 0 Å². The van der Waals surface area contributed by atoms with Crippen LogP contribution in [0.1, 0.15) is 65.8 Å². The molecule has 5 nitrogen and oxygen atoms in total. The maximum Gasteiger partial charge on any atom is 0.248 e. The van der Waals surface area contributed by atoms with Gasteiger partial charge in [0, 0.05) is 11.1 Å². The number of rotatable bonds is 9. The van der Waals surface area contributed by atoms with E-state index in [-0.39, 0.29) is 5.92 Å². The normalized spacial score (nSPS) is 12.4. The molecule has 1 rings (SSSR count). The molecule has 22 heavy (non-hydrogen) atoms. The van der Waals surface area contributed by atoms with Gasteiger partial charge in [-0.3, -0.25) is 9.59 Å². The highest BCUT2D eigenvalue weighted by atomic mass is 16.1. The van der Waals surface area contributed by atoms with E-state index >= 15 is 0 Å². The number of nitrogens with zero attached hydrogens (tertiary/aromatic N) is 1. The van der Waals surface area contributed by atoms with E-state index in [4.69, 9.17) is 11.5 Å². The van der Waals surface area contributed by atoms with Crippen molar-refractivity contribution in [1.82, 2.24) is 4.90 Å². The molecule has 0 aromatic heterocycles. The minimum Gasteiger partial charge on any atom is -0.366 e. The van der Waals surface area contributed by atoms with E-state index < -0.39 is 11.8 Å². The molecule has 0 aliphatic heterocycles. The highest BCUT2D eigenvalue weighted by molar-refractivity contribution is 5.98. The summed E-state index contributed by atoms with van der Waals surface area (Å²) in [6.45, 7) is 9.44. The molecule has 0 saturated carbocycles. The maximum atomic E-state index is 11.6. The number of amides is 2. The molecule has 5 heteroatoms. The zero-order valence-corrected chi connectivity index (χ0v) is 13.8. The Bertz CT molecular complexity index is 525. The first-order valence-corrected chi connectivity index (χ1v) is 7.86. The molecule has 1 unspecified atom stereocenters. The molecule has 1 aromatic rings. The molecule has 2 amide bonds. The lowest BCUT2D eigenvalue weighted by Gasteiger charge is -2.20. The van der Waals surface area contributed by atoms with Gasteiger partial charge >= 0.3 is 0 Å². The van der Waals surface area contributed by atoms with Crippen LogP contribution in [0.2, 0.25) is 0 Å². The van der Waals surface area contributed by atoms with Gasteiger partial charge in [-0.15, -0.1) is 0 Å². The van der Waals surface area contributed by atoms with Crippen LogP contribution in [-0.2, 0) is 0 Å². The third-order valence-corrected chi connectivity index (χ3v) is 4.14. The largest absolute Gasteiger partial charge is 0.366 e. The molecule has 0 bridgehead atoms. The van der Waals surface area contributed by atoms with Crippen LogP contribution in [0.25, 0.3) is 0 Å². The van der Waals surface area contributed by atoms with Crippen LogP contribution in [0.4, 0.5) is 0 Å². The Morgan fingerprint density at radius 2 is 1.77 bits per heavy atom. The fourth-order valence-electron chi connectivity index (χ4n) is 2.66. The second-order valence-corrected chi connectivity index (χ2v) is 5.60. The predicted octanol–water partition coefficient (Wildman–Crippen LogP) is 2.11. The van der Waals surface area contributed by atoms with Crippen molar-refractivity contribution < 1.29 is 9.59 Å². The van der Waals surface area contributed by atoms with E-state index in [1.807, 2.05) is 0 Å². The summed E-state index contributed by atoms with van der Waals surface area (Å²) in [5.41, 5.74) is 12.5. The standard InChI is InChI=1S/C17H27N3O2/c1-4-20(5-2)10-6-7-12(3)15-11-13(16(18)21)8-9-14(15)17(19)22/h8-9,11-12H,4-7,10H2,1-3H3,(H2,18,21)(H2,19,22). The minimum absolute atomic E-state index is 0.150. The zero-order valence-electron chi connectivity index (χ0n) is 13.8. The summed E-state index contributed by atoms with van der Waals surface area (Å²) in [7, 11) is 0. The van der Waals surface area contributed by atoms with E-state index in [9.17, 15) is 9.59 Å². The van der Waals surface area contributed by atoms with Crippen LogP contribution in [0.5, 0.6) is 0 Å². The molecular weight excluding hydrogens is 278 g/mol. The van der Waals surface area contributed by atoms with Gasteiger partial charge in [-0.2, -0.15) is 0 Å². The minimum atomic E-state index is -0.493. The second-order valence-electron chi connectivity index (χ2n) is 5.60. The van der Waals surface area contributed by atoms with Crippen molar-refractivity contribution in [3.05, 3.63) is 34.9 Å². The van der Waals surface area contributed by atoms with Crippen molar-refractivity contribution in [3.63, 3.8) is 0 Å². The maximum absolute atomic E-state index is 11.6. The Balaban J connectivity index is 2.85. The third kappa shape index (κ3) is 4.84. The summed E-state index contributed by atoms with van der Waals surface area (Å²) >= 11 is 0. The average Bonchev–Trinajstić information content (AvgIpc) is 2.50. The van der Waals surface area contributed by atoms with E-state index in [0.717, 1.165) is 38.0 Å². The monoisotopic (exact) mass is 305 g/mol. The van der Waals surface area contributed by atoms with Crippen LogP contribution in [-0.4, -0.2) is 36.3 Å². The first-order valence-electron chi connectivity index (χ1n) is 7.86. The van der Waals surface area contributed by atoms with Gasteiger partial charge in [-0.1, -0.05) is 20.8 Å². The van der Waals surface area contributed by atoms with Crippen molar-refractivity contribution in [2.45, 2.75) is 39.5 Å². The fraction of sp³-hybridized carbons (Fsp3) is 0.529. The fourth-order valence-corrected chi connectivity index (χ4v) is 2.66. The van der Waals surface area contributed by atoms with Crippen molar-refractivity contribution in [2.75, 3.05) is 19.6 Å². The first kappa shape index (κ1) is 18.2. The molecule has 122 valence electrons. The molecule has 0 heterocycles. The predicted molar refractivity (Wildman–Crippen MR) is 88.9 cm³/mol. The van der Waals surface area contributed by atoms with Crippen molar-refractivity contribution in [2.24, 2.45) is 11.5 Å². The summed E-state index contributed by atoms with van der Waals surface area (Å²) in [4.78, 5) is 25.3. The molecule has 0 aliphatic carbocycles. The van der Waals surface area contributed by atoms with Gasteiger partial charge in [0.05, 0.1) is 0 Å². The lowest BCUT2D eigenvalue weighted by molar-refractivity contribution is 0.0987. The molecule has 4 N–H and O–H groups in total. The number of primary amides is 2. The van der Waals surface area contributed by atoms with Gasteiger partial charge in [-0.25, -0.2) is 0 Å². The summed E-state index contributed by atoms with van der Waals surface area (Å²) in [5.74, 6) is -0.813. The van der Waals surface area contributed by atoms with Gasteiger partial charge in [0.2, 0.25) is 11.8 Å². The molecule has 0 aliphatic rings. The number of nitrogens with two attached hydrogens (primary N) is 2. The number of benzene rings is 1. The number of hydrogen-bond acceptors (Lipinski definition) is 3. The van der Waals surface area contributed by atoms with E-state index in [1.54, 1.807) is 18.2 Å². The summed E-state index contributed by atoms with van der Waals surface area (Å²) in [6.07, 6.45) is 1.96. The quantitative estimate of drug-likeness (QED) is 0.732. The van der Waals surface area contributed by atoms with E-state index in [1.165, 1.54) is 0 Å². The summed E-state index contributed by atoms with van der Waals surface area (Å²) in [5, 5.41) is 0. The van der Waals surface area contributed by atoms with Gasteiger partial charge in [0.15, 0.2) is 0 Å². The summed E-state index contributed by atoms with van der Waals surface area (Å²) < 4.78 is 0. The molecule has 0 fully saturated rings. The Morgan fingerprint density at radius 1 is 1.14 bits per heavy atom. The Morgan fingerprint density at radius 3 is 2.27 bits per heavy atom. The van der Waals surface area contributed by atoms with Crippen molar-refractivity contribution in [3.8, 4) is 0 Å². The molecule has 0 radical (unpaired) electrons. The van der Waals surface area contributed by atoms with Crippen LogP contribution in [0, 0.1) is 0 Å². The number of carbonyl (C=O) groups excluding carboxylic acids is 2. The number of carbonyl (C=O) groups is 2. The lowest BCUT2D eigenvalue weighted by Crippen LogP contribution is -2.24. The third-order valence-electron chi connectivity index (χ3n) is 4.14. The van der Waals surface area contributed by atoms with Gasteiger partial charge in [0.25, 0.3) is 0 Å². The van der Waals surface area contributed by atoms with Crippen LogP contribution >= 0.6 is 0 Å². The lowest BCUT2D eigenvalue weighted by atomic mass is 9.90. The zero-order chi connectivity index (χ0) is 16.7. The molecule has 1 aromatic carbocycles. The van der Waals surface area contributed by atoms with Crippen LogP contribution in [0.15, 0.2) is 18.2 Å². The Hall–Kier alpha value is -1.88. The smallest absolute Gasteiger partial charge is 0.248 e. The molecule has 1 atom stereocenters. The first-order chi connectivity index (χ1) is 10.4. The highest BCUT2D eigenvalue weighted by Crippen LogP contribution is 2.25. The second kappa shape index (κ2) is 8.54. The van der Waals surface area contributed by atoms with Gasteiger partial charge in [0.1, 0.15) is 0 Å².